The summed E-state index contributed by atoms with van der Waals surface area (Å²) in [6.07, 6.45) is 0. The minimum atomic E-state index is -1.03. The van der Waals surface area contributed by atoms with Gasteiger partial charge in [-0.1, -0.05) is 29.8 Å². The molecule has 0 atom stereocenters. The molecule has 1 N–H and O–H groups in total. The molecule has 2 amide bonds. The maximum Gasteiger partial charge on any atom is 0.282 e. The summed E-state index contributed by atoms with van der Waals surface area (Å²) in [5.74, 6) is -2.94. The number of methoxy groups -OCH3 is 1. The van der Waals surface area contributed by atoms with Crippen LogP contribution in [0.1, 0.15) is 11.1 Å². The Bertz CT molecular complexity index is 1270. The van der Waals surface area contributed by atoms with Crippen LogP contribution in [0.25, 0.3) is 5.57 Å². The van der Waals surface area contributed by atoms with Crippen LogP contribution in [0.5, 0.6) is 5.75 Å². The first-order chi connectivity index (χ1) is 15.3. The van der Waals surface area contributed by atoms with Crippen molar-refractivity contribution in [2.24, 2.45) is 0 Å². The molecule has 0 saturated heterocycles. The van der Waals surface area contributed by atoms with Gasteiger partial charge >= 0.3 is 0 Å². The molecular weight excluding hydrogens is 438 g/mol. The first kappa shape index (κ1) is 21.5. The molecule has 4 rings (SSSR count). The van der Waals surface area contributed by atoms with Crippen LogP contribution < -0.4 is 15.0 Å². The van der Waals surface area contributed by atoms with E-state index in [-0.39, 0.29) is 17.0 Å². The van der Waals surface area contributed by atoms with Crippen molar-refractivity contribution in [1.29, 1.82) is 0 Å². The van der Waals surface area contributed by atoms with Gasteiger partial charge in [-0.25, -0.2) is 13.7 Å². The summed E-state index contributed by atoms with van der Waals surface area (Å²) in [7, 11) is 1.48. The molecule has 0 unspecified atom stereocenters. The number of aryl methyl sites for hydroxylation is 1. The van der Waals surface area contributed by atoms with E-state index in [1.165, 1.54) is 7.11 Å². The molecule has 0 bridgehead atoms. The Labute approximate surface area is 187 Å². The van der Waals surface area contributed by atoms with E-state index in [0.717, 1.165) is 17.7 Å². The van der Waals surface area contributed by atoms with Gasteiger partial charge in [-0.2, -0.15) is 0 Å². The van der Waals surface area contributed by atoms with Crippen molar-refractivity contribution in [2.75, 3.05) is 17.3 Å². The quantitative estimate of drug-likeness (QED) is 0.529. The van der Waals surface area contributed by atoms with Crippen LogP contribution in [-0.2, 0) is 9.59 Å². The lowest BCUT2D eigenvalue weighted by Crippen LogP contribution is -2.33. The molecule has 1 aliphatic rings. The van der Waals surface area contributed by atoms with Gasteiger partial charge in [-0.3, -0.25) is 9.59 Å². The molecule has 8 heteroatoms. The van der Waals surface area contributed by atoms with Crippen molar-refractivity contribution in [1.82, 2.24) is 0 Å². The number of hydrogen-bond acceptors (Lipinski definition) is 4. The van der Waals surface area contributed by atoms with E-state index >= 15 is 0 Å². The normalized spacial score (nSPS) is 13.7. The summed E-state index contributed by atoms with van der Waals surface area (Å²) in [4.78, 5) is 27.4. The second kappa shape index (κ2) is 8.43. The Kier molecular flexibility index (Phi) is 5.67. The fraction of sp³-hybridized carbons (Fsp3) is 0.0833. The molecule has 0 radical (unpaired) electrons. The molecule has 1 aliphatic heterocycles. The summed E-state index contributed by atoms with van der Waals surface area (Å²) < 4.78 is 33.3. The molecule has 5 nitrogen and oxygen atoms in total. The first-order valence-corrected chi connectivity index (χ1v) is 9.93. The standard InChI is InChI=1S/C24H17ClF2N2O3/c1-13-3-10-20(32-2)18(11-13)28-22-21(14-4-6-15(25)7-5-14)23(30)29(24(22)31)19-9-8-16(26)12-17(19)27/h3-12,28H,1-2H3. The van der Waals surface area contributed by atoms with E-state index in [0.29, 0.717) is 33.0 Å². The van der Waals surface area contributed by atoms with Crippen LogP contribution in [0.2, 0.25) is 5.02 Å². The SMILES string of the molecule is COc1ccc(C)cc1NC1=C(c2ccc(Cl)cc2)C(=O)N(c2ccc(F)cc2F)C1=O. The zero-order valence-corrected chi connectivity index (χ0v) is 17.8. The topological polar surface area (TPSA) is 58.6 Å². The average Bonchev–Trinajstić information content (AvgIpc) is 2.99. The molecule has 0 spiro atoms. The Balaban J connectivity index is 1.87. The number of nitrogens with one attached hydrogen (secondary N) is 1. The van der Waals surface area contributed by atoms with Crippen LogP contribution in [-0.4, -0.2) is 18.9 Å². The largest absolute Gasteiger partial charge is 0.495 e. The maximum atomic E-state index is 14.5. The summed E-state index contributed by atoms with van der Waals surface area (Å²) in [6, 6.07) is 14.3. The number of halogens is 3. The fourth-order valence-electron chi connectivity index (χ4n) is 3.47. The van der Waals surface area contributed by atoms with Gasteiger partial charge in [0.05, 0.1) is 24.1 Å². The van der Waals surface area contributed by atoms with Crippen LogP contribution >= 0.6 is 11.6 Å². The van der Waals surface area contributed by atoms with Gasteiger partial charge in [0, 0.05) is 11.1 Å². The molecule has 1 heterocycles. The number of anilines is 2. The summed E-state index contributed by atoms with van der Waals surface area (Å²) in [5, 5.41) is 3.43. The van der Waals surface area contributed by atoms with E-state index in [1.807, 2.05) is 13.0 Å². The summed E-state index contributed by atoms with van der Waals surface area (Å²) in [5.41, 5.74) is 1.37. The van der Waals surface area contributed by atoms with Crippen LogP contribution in [0.4, 0.5) is 20.2 Å². The number of carbonyl (C=O) groups is 2. The fourth-order valence-corrected chi connectivity index (χ4v) is 3.59. The predicted octanol–water partition coefficient (Wildman–Crippen LogP) is 5.33. The minimum absolute atomic E-state index is 0.0268. The third-order valence-corrected chi connectivity index (χ3v) is 5.23. The summed E-state index contributed by atoms with van der Waals surface area (Å²) >= 11 is 5.97. The van der Waals surface area contributed by atoms with Crippen LogP contribution in [0.3, 0.4) is 0 Å². The molecule has 0 fully saturated rings. The smallest absolute Gasteiger partial charge is 0.282 e. The lowest BCUT2D eigenvalue weighted by Gasteiger charge is -2.17. The lowest BCUT2D eigenvalue weighted by atomic mass is 10.0. The van der Waals surface area contributed by atoms with Gasteiger partial charge in [0.15, 0.2) is 0 Å². The van der Waals surface area contributed by atoms with Gasteiger partial charge < -0.3 is 10.1 Å². The molecule has 32 heavy (non-hydrogen) atoms. The Hall–Kier alpha value is -3.71. The van der Waals surface area contributed by atoms with Crippen molar-refractivity contribution >= 4 is 40.4 Å². The van der Waals surface area contributed by atoms with E-state index in [1.54, 1.807) is 36.4 Å². The number of carbonyl (C=O) groups excluding carboxylic acids is 2. The predicted molar refractivity (Wildman–Crippen MR) is 119 cm³/mol. The van der Waals surface area contributed by atoms with Crippen molar-refractivity contribution < 1.29 is 23.1 Å². The van der Waals surface area contributed by atoms with Crippen molar-refractivity contribution in [2.45, 2.75) is 6.92 Å². The van der Waals surface area contributed by atoms with Crippen LogP contribution in [0, 0.1) is 18.6 Å². The number of nitrogens with zero attached hydrogens (tertiary/aromatic N) is 1. The molecule has 0 saturated carbocycles. The van der Waals surface area contributed by atoms with E-state index in [4.69, 9.17) is 16.3 Å². The maximum absolute atomic E-state index is 14.5. The monoisotopic (exact) mass is 454 g/mol. The molecular formula is C24H17ClF2N2O3. The van der Waals surface area contributed by atoms with Gasteiger partial charge in [0.2, 0.25) is 0 Å². The highest BCUT2D eigenvalue weighted by atomic mass is 35.5. The average molecular weight is 455 g/mol. The third-order valence-electron chi connectivity index (χ3n) is 4.98. The van der Waals surface area contributed by atoms with Gasteiger partial charge in [0.25, 0.3) is 11.8 Å². The second-order valence-electron chi connectivity index (χ2n) is 7.13. The first-order valence-electron chi connectivity index (χ1n) is 9.56. The highest BCUT2D eigenvalue weighted by Gasteiger charge is 2.41. The number of amides is 2. The zero-order valence-electron chi connectivity index (χ0n) is 17.1. The Morgan fingerprint density at radius 3 is 2.31 bits per heavy atom. The van der Waals surface area contributed by atoms with Crippen molar-refractivity contribution in [3.05, 3.63) is 94.1 Å². The number of ether oxygens (including phenoxy) is 1. The van der Waals surface area contributed by atoms with Crippen molar-refractivity contribution in [3.8, 4) is 5.75 Å². The minimum Gasteiger partial charge on any atom is -0.495 e. The molecule has 3 aromatic rings. The Morgan fingerprint density at radius 2 is 1.66 bits per heavy atom. The number of hydrogen-bond donors (Lipinski definition) is 1. The highest BCUT2D eigenvalue weighted by molar-refractivity contribution is 6.46. The second-order valence-corrected chi connectivity index (χ2v) is 7.56. The third kappa shape index (κ3) is 3.83. The zero-order chi connectivity index (χ0) is 23.0. The molecule has 0 aliphatic carbocycles. The van der Waals surface area contributed by atoms with Crippen LogP contribution in [0.15, 0.2) is 66.4 Å². The van der Waals surface area contributed by atoms with Gasteiger partial charge in [0.1, 0.15) is 23.1 Å². The van der Waals surface area contributed by atoms with E-state index in [2.05, 4.69) is 5.32 Å². The number of imide groups is 1. The van der Waals surface area contributed by atoms with Gasteiger partial charge in [-0.15, -0.1) is 0 Å². The lowest BCUT2D eigenvalue weighted by molar-refractivity contribution is -0.120. The molecule has 162 valence electrons. The van der Waals surface area contributed by atoms with Gasteiger partial charge in [-0.05, 0) is 54.4 Å². The highest BCUT2D eigenvalue weighted by Crippen LogP contribution is 2.37. The van der Waals surface area contributed by atoms with Crippen molar-refractivity contribution in [3.63, 3.8) is 0 Å². The number of rotatable bonds is 5. The van der Waals surface area contributed by atoms with E-state index < -0.39 is 23.4 Å². The summed E-state index contributed by atoms with van der Waals surface area (Å²) in [6.45, 7) is 1.86. The Morgan fingerprint density at radius 1 is 0.938 bits per heavy atom. The number of benzene rings is 3. The van der Waals surface area contributed by atoms with E-state index in [9.17, 15) is 18.4 Å². The molecule has 3 aromatic carbocycles. The molecule has 0 aromatic heterocycles.